The van der Waals surface area contributed by atoms with Crippen LogP contribution in [0.25, 0.3) is 16.6 Å². The van der Waals surface area contributed by atoms with Crippen LogP contribution >= 0.6 is 11.6 Å². The maximum atomic E-state index is 11.2. The van der Waals surface area contributed by atoms with E-state index in [1.165, 1.54) is 11.1 Å². The quantitative estimate of drug-likeness (QED) is 0.414. The molecule has 1 aromatic carbocycles. The van der Waals surface area contributed by atoms with E-state index in [2.05, 4.69) is 47.2 Å². The Morgan fingerprint density at radius 1 is 1.17 bits per heavy atom. The summed E-state index contributed by atoms with van der Waals surface area (Å²) in [5.74, 6) is 1.19. The van der Waals surface area contributed by atoms with Gasteiger partial charge >= 0.3 is 0 Å². The smallest absolute Gasteiger partial charge is 0.105 e. The van der Waals surface area contributed by atoms with Crippen LogP contribution in [-0.2, 0) is 4.74 Å². The van der Waals surface area contributed by atoms with Crippen LogP contribution in [0.1, 0.15) is 56.8 Å². The number of nitrogens with one attached hydrogen (secondary N) is 1. The molecule has 0 radical (unpaired) electrons. The number of allylic oxidation sites excluding steroid dienone is 2. The van der Waals surface area contributed by atoms with Crippen LogP contribution in [0.3, 0.4) is 0 Å². The molecule has 7 rings (SSSR count). The lowest BCUT2D eigenvalue weighted by Gasteiger charge is -2.61. The van der Waals surface area contributed by atoms with Crippen molar-refractivity contribution in [2.24, 2.45) is 11.3 Å². The number of aryl methyl sites for hydroxylation is 1. The van der Waals surface area contributed by atoms with Gasteiger partial charge in [0.1, 0.15) is 11.9 Å². The van der Waals surface area contributed by atoms with Crippen molar-refractivity contribution in [3.63, 3.8) is 0 Å². The van der Waals surface area contributed by atoms with Gasteiger partial charge in [0.2, 0.25) is 0 Å². The topological polar surface area (TPSA) is 81.6 Å². The van der Waals surface area contributed by atoms with E-state index in [4.69, 9.17) is 16.3 Å². The van der Waals surface area contributed by atoms with Gasteiger partial charge in [-0.25, -0.2) is 4.98 Å². The molecule has 2 unspecified atom stereocenters. The number of alkyl halides is 1. The van der Waals surface area contributed by atoms with Crippen molar-refractivity contribution < 1.29 is 14.9 Å². The van der Waals surface area contributed by atoms with E-state index in [9.17, 15) is 10.2 Å². The Labute approximate surface area is 217 Å². The number of rotatable bonds is 2. The number of H-pyrrole nitrogens is 1. The fraction of sp³-hybridized carbons (Fsp3) is 0.621. The van der Waals surface area contributed by atoms with Crippen molar-refractivity contribution >= 4 is 28.2 Å². The highest BCUT2D eigenvalue weighted by atomic mass is 35.5. The number of hydrogen-bond donors (Lipinski definition) is 3. The minimum atomic E-state index is -0.951. The summed E-state index contributed by atoms with van der Waals surface area (Å²) >= 11 is 7.55. The van der Waals surface area contributed by atoms with Crippen molar-refractivity contribution in [2.45, 2.75) is 86.7 Å². The van der Waals surface area contributed by atoms with Gasteiger partial charge in [0.25, 0.3) is 0 Å². The monoisotopic (exact) mass is 509 g/mol. The molecule has 0 amide bonds. The van der Waals surface area contributed by atoms with E-state index in [-0.39, 0.29) is 17.4 Å². The number of ether oxygens (including phenoxy) is 1. The van der Waals surface area contributed by atoms with Crippen molar-refractivity contribution in [3.8, 4) is 0 Å². The highest BCUT2D eigenvalue weighted by molar-refractivity contribution is 6.26. The Bertz CT molecular complexity index is 1330. The first-order valence-electron chi connectivity index (χ1n) is 13.3. The SMILES string of the molecule is Cc1nc2ccc(C3=CCC4[C@@]56CC[C@]7(C[C@H](N(C)C)[C@@H](O)[C@H](O)C7=CC5(Cl)CC[C@]34C)O6)cc2[nH]1. The molecule has 2 spiro atoms. The average Bonchev–Trinajstić information content (AvgIpc) is 3.49. The van der Waals surface area contributed by atoms with Crippen molar-refractivity contribution in [1.82, 2.24) is 14.9 Å². The predicted octanol–water partition coefficient (Wildman–Crippen LogP) is 4.34. The molecule has 3 heterocycles. The molecule has 7 heteroatoms. The molecule has 3 N–H and O–H groups in total. The van der Waals surface area contributed by atoms with Gasteiger partial charge in [-0.1, -0.05) is 25.1 Å². The van der Waals surface area contributed by atoms with Crippen molar-refractivity contribution in [3.05, 3.63) is 47.3 Å². The summed E-state index contributed by atoms with van der Waals surface area (Å²) in [5.41, 5.74) is 4.42. The van der Waals surface area contributed by atoms with Crippen LogP contribution < -0.4 is 0 Å². The average molecular weight is 510 g/mol. The van der Waals surface area contributed by atoms with E-state index >= 15 is 0 Å². The molecule has 3 aliphatic carbocycles. The number of hydrogen-bond acceptors (Lipinski definition) is 5. The number of likely N-dealkylation sites (N-methyl/N-ethyl adjacent to an activating group) is 1. The van der Waals surface area contributed by atoms with Gasteiger partial charge in [-0.15, -0.1) is 11.6 Å². The maximum Gasteiger partial charge on any atom is 0.105 e. The molecule has 2 aromatic rings. The number of aliphatic hydroxyl groups is 2. The summed E-state index contributed by atoms with van der Waals surface area (Å²) < 4.78 is 7.27. The molecule has 6 nitrogen and oxygen atoms in total. The Balaban J connectivity index is 1.30. The Hall–Kier alpha value is -1.70. The number of aromatic nitrogens is 2. The fourth-order valence-electron chi connectivity index (χ4n) is 8.74. The Morgan fingerprint density at radius 3 is 2.75 bits per heavy atom. The highest BCUT2D eigenvalue weighted by Gasteiger charge is 2.73. The van der Waals surface area contributed by atoms with Gasteiger partial charge in [-0.3, -0.25) is 0 Å². The fourth-order valence-corrected chi connectivity index (χ4v) is 9.21. The molecule has 2 bridgehead atoms. The maximum absolute atomic E-state index is 11.2. The van der Waals surface area contributed by atoms with Crippen LogP contribution in [0.4, 0.5) is 0 Å². The van der Waals surface area contributed by atoms with E-state index in [1.54, 1.807) is 0 Å². The van der Waals surface area contributed by atoms with Gasteiger partial charge in [-0.2, -0.15) is 0 Å². The molecule has 8 atom stereocenters. The molecule has 1 saturated heterocycles. The second kappa shape index (κ2) is 7.23. The van der Waals surface area contributed by atoms with Crippen LogP contribution in [-0.4, -0.2) is 73.5 Å². The van der Waals surface area contributed by atoms with Gasteiger partial charge in [0.15, 0.2) is 0 Å². The van der Waals surface area contributed by atoms with E-state index < -0.39 is 28.3 Å². The standard InChI is InChI=1S/C29H36ClN3O3/c1-16-31-20-7-5-17(13-21(20)32-16)18-6-8-23-26(18,2)9-11-28(30)14-19-24(34)25(35)22(33(3)4)15-27(19)10-12-29(23,28)36-27/h5-7,13-14,22-25,34-35H,8-12,15H2,1-4H3,(H,31,32)/t22-,23?,24+,25+,26+,27+,28?,29-/m0/s1. The summed E-state index contributed by atoms with van der Waals surface area (Å²) in [6.07, 6.45) is 7.81. The zero-order valence-electron chi connectivity index (χ0n) is 21.5. The minimum Gasteiger partial charge on any atom is -0.388 e. The summed E-state index contributed by atoms with van der Waals surface area (Å²) in [6, 6.07) is 6.40. The van der Waals surface area contributed by atoms with Gasteiger partial charge in [0, 0.05) is 12.0 Å². The van der Waals surface area contributed by atoms with E-state index in [1.807, 2.05) is 25.9 Å². The first-order valence-corrected chi connectivity index (χ1v) is 13.7. The first-order chi connectivity index (χ1) is 17.0. The number of aromatic amines is 1. The molecule has 2 aliphatic heterocycles. The first kappa shape index (κ1) is 23.4. The Kier molecular flexibility index (Phi) is 4.71. The molecule has 2 saturated carbocycles. The normalized spacial score (nSPS) is 45.3. The summed E-state index contributed by atoms with van der Waals surface area (Å²) in [4.78, 5) is 9.32. The van der Waals surface area contributed by atoms with Crippen LogP contribution in [0, 0.1) is 18.3 Å². The highest BCUT2D eigenvalue weighted by Crippen LogP contribution is 2.71. The number of fused-ring (bicyclic) bond motifs is 2. The third-order valence-corrected chi connectivity index (χ3v) is 11.2. The third kappa shape index (κ3) is 2.75. The van der Waals surface area contributed by atoms with E-state index in [0.717, 1.165) is 54.5 Å². The van der Waals surface area contributed by atoms with Crippen molar-refractivity contribution in [2.75, 3.05) is 14.1 Å². The lowest BCUT2D eigenvalue weighted by atomic mass is 9.54. The molecular weight excluding hydrogens is 474 g/mol. The molecule has 1 aromatic heterocycles. The second-order valence-corrected chi connectivity index (χ2v) is 13.2. The lowest BCUT2D eigenvalue weighted by molar-refractivity contribution is -0.199. The summed E-state index contributed by atoms with van der Waals surface area (Å²) in [7, 11) is 3.93. The largest absolute Gasteiger partial charge is 0.388 e. The zero-order chi connectivity index (χ0) is 25.3. The molecule has 3 fully saturated rings. The third-order valence-electron chi connectivity index (χ3n) is 10.6. The number of halogens is 1. The number of aliphatic hydroxyl groups excluding tert-OH is 2. The summed E-state index contributed by atoms with van der Waals surface area (Å²) in [6.45, 7) is 4.40. The Morgan fingerprint density at radius 2 is 1.97 bits per heavy atom. The van der Waals surface area contributed by atoms with Crippen molar-refractivity contribution in [1.29, 1.82) is 0 Å². The van der Waals surface area contributed by atoms with Gasteiger partial charge in [-0.05, 0) is 93.8 Å². The van der Waals surface area contributed by atoms with Crippen LogP contribution in [0.5, 0.6) is 0 Å². The number of benzene rings is 1. The van der Waals surface area contributed by atoms with Crippen LogP contribution in [0.2, 0.25) is 0 Å². The second-order valence-electron chi connectivity index (χ2n) is 12.5. The zero-order valence-corrected chi connectivity index (χ0v) is 22.3. The number of imidazole rings is 1. The molecule has 192 valence electrons. The van der Waals surface area contributed by atoms with Gasteiger partial charge < -0.3 is 24.8 Å². The van der Waals surface area contributed by atoms with Crippen LogP contribution in [0.15, 0.2) is 35.9 Å². The molecular formula is C29H36ClN3O3. The summed E-state index contributed by atoms with van der Waals surface area (Å²) in [5, 5.41) is 22.2. The lowest BCUT2D eigenvalue weighted by Crippen LogP contribution is -2.68. The molecule has 36 heavy (non-hydrogen) atoms. The van der Waals surface area contributed by atoms with E-state index in [0.29, 0.717) is 6.42 Å². The minimum absolute atomic E-state index is 0.0498. The molecule has 5 aliphatic rings. The predicted molar refractivity (Wildman–Crippen MR) is 141 cm³/mol. The number of nitrogens with zero attached hydrogens (tertiary/aromatic N) is 2. The van der Waals surface area contributed by atoms with Gasteiger partial charge in [0.05, 0.1) is 33.2 Å².